The van der Waals surface area contributed by atoms with Crippen molar-refractivity contribution in [1.29, 1.82) is 0 Å². The molecule has 0 saturated carbocycles. The van der Waals surface area contributed by atoms with E-state index in [0.29, 0.717) is 11.5 Å². The van der Waals surface area contributed by atoms with E-state index in [1.165, 1.54) is 11.8 Å². The Labute approximate surface area is 118 Å². The molecule has 2 heterocycles. The number of hydrogen-bond acceptors (Lipinski definition) is 4. The zero-order chi connectivity index (χ0) is 13.7. The van der Waals surface area contributed by atoms with E-state index in [0.717, 1.165) is 37.4 Å². The van der Waals surface area contributed by atoms with Crippen molar-refractivity contribution in [3.05, 3.63) is 23.9 Å². The van der Waals surface area contributed by atoms with Crippen molar-refractivity contribution in [2.75, 3.05) is 26.0 Å². The predicted molar refractivity (Wildman–Crippen MR) is 76.3 cm³/mol. The topological polar surface area (TPSA) is 53.4 Å². The minimum atomic E-state index is 0.0695. The average molecular weight is 280 g/mol. The van der Waals surface area contributed by atoms with E-state index < -0.39 is 0 Å². The Kier molecular flexibility index (Phi) is 5.22. The Bertz CT molecular complexity index is 437. The van der Waals surface area contributed by atoms with Crippen LogP contribution >= 0.6 is 11.8 Å². The van der Waals surface area contributed by atoms with E-state index in [4.69, 9.17) is 5.11 Å². The molecule has 1 aromatic rings. The van der Waals surface area contributed by atoms with E-state index in [2.05, 4.69) is 4.98 Å². The standard InChI is InChI=1S/C14H20N2O2S/c1-19-13-12(5-2-7-15-13)14(18)16-8-3-4-11(10-16)6-9-17/h2,5,7,11,17H,3-4,6,8-10H2,1H3. The van der Waals surface area contributed by atoms with Gasteiger partial charge in [-0.15, -0.1) is 11.8 Å². The van der Waals surface area contributed by atoms with Crippen molar-refractivity contribution < 1.29 is 9.90 Å². The molecule has 1 fully saturated rings. The van der Waals surface area contributed by atoms with Crippen LogP contribution in [0.2, 0.25) is 0 Å². The van der Waals surface area contributed by atoms with E-state index >= 15 is 0 Å². The molecule has 19 heavy (non-hydrogen) atoms. The summed E-state index contributed by atoms with van der Waals surface area (Å²) in [5, 5.41) is 9.81. The van der Waals surface area contributed by atoms with E-state index in [9.17, 15) is 4.79 Å². The van der Waals surface area contributed by atoms with Gasteiger partial charge in [0.25, 0.3) is 5.91 Å². The molecule has 1 N–H and O–H groups in total. The largest absolute Gasteiger partial charge is 0.396 e. The fourth-order valence-corrected chi connectivity index (χ4v) is 3.10. The maximum Gasteiger partial charge on any atom is 0.256 e. The van der Waals surface area contributed by atoms with E-state index in [1.807, 2.05) is 23.3 Å². The van der Waals surface area contributed by atoms with Gasteiger partial charge in [-0.3, -0.25) is 4.79 Å². The molecule has 104 valence electrons. The Morgan fingerprint density at radius 1 is 1.63 bits per heavy atom. The van der Waals surface area contributed by atoms with Crippen LogP contribution in [-0.4, -0.2) is 46.8 Å². The van der Waals surface area contributed by atoms with Gasteiger partial charge in [0.1, 0.15) is 5.03 Å². The van der Waals surface area contributed by atoms with Gasteiger partial charge in [0.15, 0.2) is 0 Å². The van der Waals surface area contributed by atoms with Crippen LogP contribution in [0.1, 0.15) is 29.6 Å². The van der Waals surface area contributed by atoms with Gasteiger partial charge in [0, 0.05) is 25.9 Å². The summed E-state index contributed by atoms with van der Waals surface area (Å²) in [7, 11) is 0. The lowest BCUT2D eigenvalue weighted by Gasteiger charge is -2.32. The minimum absolute atomic E-state index is 0.0695. The average Bonchev–Trinajstić information content (AvgIpc) is 2.47. The van der Waals surface area contributed by atoms with Crippen LogP contribution in [0.25, 0.3) is 0 Å². The molecule has 0 radical (unpaired) electrons. The molecule has 1 atom stereocenters. The number of thioether (sulfide) groups is 1. The summed E-state index contributed by atoms with van der Waals surface area (Å²) in [4.78, 5) is 18.7. The second-order valence-corrected chi connectivity index (χ2v) is 5.63. The van der Waals surface area contributed by atoms with Crippen LogP contribution in [0.15, 0.2) is 23.4 Å². The van der Waals surface area contributed by atoms with Crippen molar-refractivity contribution >= 4 is 17.7 Å². The molecule has 0 spiro atoms. The third-order valence-corrected chi connectivity index (χ3v) is 4.25. The summed E-state index contributed by atoms with van der Waals surface area (Å²) in [6.45, 7) is 1.77. The lowest BCUT2D eigenvalue weighted by atomic mass is 9.95. The number of aliphatic hydroxyl groups is 1. The Morgan fingerprint density at radius 2 is 2.47 bits per heavy atom. The molecule has 0 aliphatic carbocycles. The minimum Gasteiger partial charge on any atom is -0.396 e. The fraction of sp³-hybridized carbons (Fsp3) is 0.571. The summed E-state index contributed by atoms with van der Waals surface area (Å²) < 4.78 is 0. The van der Waals surface area contributed by atoms with Crippen molar-refractivity contribution in [1.82, 2.24) is 9.88 Å². The summed E-state index contributed by atoms with van der Waals surface area (Å²) in [5.74, 6) is 0.497. The van der Waals surface area contributed by atoms with Crippen LogP contribution < -0.4 is 0 Å². The highest BCUT2D eigenvalue weighted by Gasteiger charge is 2.25. The molecule has 0 bridgehead atoms. The Balaban J connectivity index is 2.10. The molecule has 4 nitrogen and oxygen atoms in total. The van der Waals surface area contributed by atoms with E-state index in [-0.39, 0.29) is 12.5 Å². The lowest BCUT2D eigenvalue weighted by Crippen LogP contribution is -2.40. The first kappa shape index (κ1) is 14.3. The molecule has 1 aliphatic heterocycles. The quantitative estimate of drug-likeness (QED) is 0.858. The summed E-state index contributed by atoms with van der Waals surface area (Å²) in [6.07, 6.45) is 6.56. The first-order valence-electron chi connectivity index (χ1n) is 6.65. The first-order valence-corrected chi connectivity index (χ1v) is 7.88. The second-order valence-electron chi connectivity index (χ2n) is 4.83. The normalized spacial score (nSPS) is 19.5. The predicted octanol–water partition coefficient (Wildman–Crippen LogP) is 2.04. The molecule has 1 unspecified atom stereocenters. The zero-order valence-electron chi connectivity index (χ0n) is 11.2. The van der Waals surface area contributed by atoms with Crippen LogP contribution in [-0.2, 0) is 0 Å². The van der Waals surface area contributed by atoms with Crippen LogP contribution in [0.3, 0.4) is 0 Å². The van der Waals surface area contributed by atoms with Gasteiger partial charge in [-0.1, -0.05) is 0 Å². The summed E-state index contributed by atoms with van der Waals surface area (Å²) >= 11 is 1.50. The Morgan fingerprint density at radius 3 is 3.21 bits per heavy atom. The SMILES string of the molecule is CSc1ncccc1C(=O)N1CCCC(CCO)C1. The third-order valence-electron chi connectivity index (χ3n) is 3.54. The number of carbonyl (C=O) groups excluding carboxylic acids is 1. The van der Waals surface area contributed by atoms with Crippen molar-refractivity contribution in [3.8, 4) is 0 Å². The van der Waals surface area contributed by atoms with Crippen LogP contribution in [0, 0.1) is 5.92 Å². The van der Waals surface area contributed by atoms with Gasteiger partial charge >= 0.3 is 0 Å². The molecule has 1 amide bonds. The molecular formula is C14H20N2O2S. The molecular weight excluding hydrogens is 260 g/mol. The zero-order valence-corrected chi connectivity index (χ0v) is 12.0. The molecule has 2 rings (SSSR count). The van der Waals surface area contributed by atoms with Crippen molar-refractivity contribution in [2.24, 2.45) is 5.92 Å². The molecule has 1 aromatic heterocycles. The van der Waals surface area contributed by atoms with Gasteiger partial charge in [-0.25, -0.2) is 4.98 Å². The van der Waals surface area contributed by atoms with Crippen LogP contribution in [0.5, 0.6) is 0 Å². The summed E-state index contributed by atoms with van der Waals surface area (Å²) in [6, 6.07) is 3.65. The van der Waals surface area contributed by atoms with Gasteiger partial charge in [0.2, 0.25) is 0 Å². The number of piperidine rings is 1. The van der Waals surface area contributed by atoms with Gasteiger partial charge in [-0.2, -0.15) is 0 Å². The molecule has 1 saturated heterocycles. The first-order chi connectivity index (χ1) is 9.26. The number of carbonyl (C=O) groups is 1. The number of nitrogens with zero attached hydrogens (tertiary/aromatic N) is 2. The number of pyridine rings is 1. The molecule has 5 heteroatoms. The summed E-state index contributed by atoms with van der Waals surface area (Å²) in [5.41, 5.74) is 0.694. The molecule has 0 aromatic carbocycles. The number of amides is 1. The van der Waals surface area contributed by atoms with Crippen molar-refractivity contribution in [2.45, 2.75) is 24.3 Å². The maximum absolute atomic E-state index is 12.5. The maximum atomic E-state index is 12.5. The lowest BCUT2D eigenvalue weighted by molar-refractivity contribution is 0.0649. The van der Waals surface area contributed by atoms with E-state index in [1.54, 1.807) is 6.20 Å². The highest BCUT2D eigenvalue weighted by Crippen LogP contribution is 2.24. The van der Waals surface area contributed by atoms with Crippen molar-refractivity contribution in [3.63, 3.8) is 0 Å². The number of aliphatic hydroxyl groups excluding tert-OH is 1. The Hall–Kier alpha value is -1.07. The van der Waals surface area contributed by atoms with Crippen LogP contribution in [0.4, 0.5) is 0 Å². The third kappa shape index (κ3) is 3.48. The fourth-order valence-electron chi connectivity index (χ4n) is 2.55. The number of hydrogen-bond donors (Lipinski definition) is 1. The highest BCUT2D eigenvalue weighted by atomic mass is 32.2. The highest BCUT2D eigenvalue weighted by molar-refractivity contribution is 7.98. The van der Waals surface area contributed by atoms with Gasteiger partial charge < -0.3 is 10.0 Å². The van der Waals surface area contributed by atoms with Gasteiger partial charge in [0.05, 0.1) is 5.56 Å². The number of rotatable bonds is 4. The number of likely N-dealkylation sites (tertiary alicyclic amines) is 1. The molecule has 1 aliphatic rings. The van der Waals surface area contributed by atoms with Gasteiger partial charge in [-0.05, 0) is 43.6 Å². The smallest absolute Gasteiger partial charge is 0.256 e. The second kappa shape index (κ2) is 6.91. The monoisotopic (exact) mass is 280 g/mol. The number of aromatic nitrogens is 1.